The second-order valence-electron chi connectivity index (χ2n) is 5.88. The van der Waals surface area contributed by atoms with Gasteiger partial charge in [-0.05, 0) is 24.3 Å². The molecular formula is C22H15BrN2O. The largest absolute Gasteiger partial charge is 0.288 e. The van der Waals surface area contributed by atoms with Crippen LogP contribution < -0.4 is 0 Å². The minimum atomic E-state index is -0.0391. The number of nitrogens with zero attached hydrogens (tertiary/aromatic N) is 2. The van der Waals surface area contributed by atoms with Crippen LogP contribution in [0.2, 0.25) is 0 Å². The summed E-state index contributed by atoms with van der Waals surface area (Å²) >= 11 is 3.50. The molecule has 4 aromatic rings. The number of rotatable bonds is 4. The van der Waals surface area contributed by atoms with Crippen molar-refractivity contribution in [3.63, 3.8) is 0 Å². The molecule has 3 aromatic carbocycles. The van der Waals surface area contributed by atoms with Crippen LogP contribution in [0, 0.1) is 0 Å². The van der Waals surface area contributed by atoms with Crippen molar-refractivity contribution >= 4 is 21.7 Å². The van der Waals surface area contributed by atoms with Crippen LogP contribution >= 0.6 is 15.9 Å². The van der Waals surface area contributed by atoms with E-state index in [-0.39, 0.29) is 5.78 Å². The van der Waals surface area contributed by atoms with E-state index in [9.17, 15) is 4.79 Å². The van der Waals surface area contributed by atoms with E-state index >= 15 is 0 Å². The monoisotopic (exact) mass is 402 g/mol. The van der Waals surface area contributed by atoms with Gasteiger partial charge in [-0.25, -0.2) is 4.68 Å². The maximum atomic E-state index is 13.1. The molecule has 126 valence electrons. The molecule has 3 nitrogen and oxygen atoms in total. The summed E-state index contributed by atoms with van der Waals surface area (Å²) in [5.74, 6) is -0.0391. The fourth-order valence-corrected chi connectivity index (χ4v) is 3.25. The summed E-state index contributed by atoms with van der Waals surface area (Å²) in [7, 11) is 0. The summed E-state index contributed by atoms with van der Waals surface area (Å²) in [6.45, 7) is 0. The first kappa shape index (κ1) is 16.5. The molecule has 0 saturated heterocycles. The van der Waals surface area contributed by atoms with E-state index in [1.54, 1.807) is 10.9 Å². The highest BCUT2D eigenvalue weighted by Crippen LogP contribution is 2.28. The lowest BCUT2D eigenvalue weighted by molar-refractivity contribution is 0.103. The lowest BCUT2D eigenvalue weighted by Gasteiger charge is -2.03. The molecule has 0 N–H and O–H groups in total. The Bertz CT molecular complexity index is 1060. The molecule has 0 fully saturated rings. The van der Waals surface area contributed by atoms with Gasteiger partial charge in [-0.15, -0.1) is 0 Å². The Labute approximate surface area is 160 Å². The molecule has 0 amide bonds. The van der Waals surface area contributed by atoms with Gasteiger partial charge in [0.2, 0.25) is 0 Å². The van der Waals surface area contributed by atoms with Crippen molar-refractivity contribution in [1.82, 2.24) is 9.78 Å². The zero-order valence-corrected chi connectivity index (χ0v) is 15.4. The number of ketones is 1. The summed E-state index contributed by atoms with van der Waals surface area (Å²) in [5, 5.41) is 4.71. The van der Waals surface area contributed by atoms with Crippen LogP contribution in [0.3, 0.4) is 0 Å². The molecular weight excluding hydrogens is 388 g/mol. The highest BCUT2D eigenvalue weighted by Gasteiger charge is 2.20. The molecule has 1 heterocycles. The van der Waals surface area contributed by atoms with Gasteiger partial charge in [-0.1, -0.05) is 76.6 Å². The van der Waals surface area contributed by atoms with Crippen molar-refractivity contribution in [3.8, 4) is 16.9 Å². The molecule has 0 atom stereocenters. The fourth-order valence-electron chi connectivity index (χ4n) is 2.85. The smallest absolute Gasteiger partial charge is 0.196 e. The molecule has 0 aliphatic carbocycles. The van der Waals surface area contributed by atoms with Crippen LogP contribution in [0.4, 0.5) is 0 Å². The summed E-state index contributed by atoms with van der Waals surface area (Å²) in [6, 6.07) is 26.9. The third-order valence-electron chi connectivity index (χ3n) is 4.11. The van der Waals surface area contributed by atoms with Gasteiger partial charge in [0.1, 0.15) is 5.69 Å². The number of para-hydroxylation sites is 1. The van der Waals surface area contributed by atoms with Gasteiger partial charge in [-0.2, -0.15) is 5.10 Å². The van der Waals surface area contributed by atoms with Gasteiger partial charge in [0.25, 0.3) is 0 Å². The van der Waals surface area contributed by atoms with Crippen molar-refractivity contribution in [1.29, 1.82) is 0 Å². The average Bonchev–Trinajstić information content (AvgIpc) is 3.14. The van der Waals surface area contributed by atoms with Crippen molar-refractivity contribution in [2.45, 2.75) is 0 Å². The first-order chi connectivity index (χ1) is 12.7. The van der Waals surface area contributed by atoms with Gasteiger partial charge in [0.15, 0.2) is 5.78 Å². The van der Waals surface area contributed by atoms with E-state index < -0.39 is 0 Å². The SMILES string of the molecule is O=C(c1ccccc1)c1cn(-c2ccccc2)nc1-c1cccc(Br)c1. The van der Waals surface area contributed by atoms with E-state index in [0.29, 0.717) is 16.8 Å². The number of benzene rings is 3. The second kappa shape index (κ2) is 7.10. The minimum Gasteiger partial charge on any atom is -0.288 e. The van der Waals surface area contributed by atoms with E-state index in [1.807, 2.05) is 84.9 Å². The first-order valence-electron chi connectivity index (χ1n) is 8.23. The van der Waals surface area contributed by atoms with Gasteiger partial charge < -0.3 is 0 Å². The molecule has 0 spiro atoms. The Hall–Kier alpha value is -2.98. The van der Waals surface area contributed by atoms with Crippen molar-refractivity contribution in [2.75, 3.05) is 0 Å². The number of aromatic nitrogens is 2. The van der Waals surface area contributed by atoms with E-state index in [2.05, 4.69) is 15.9 Å². The number of carbonyl (C=O) groups is 1. The Morgan fingerprint density at radius 3 is 2.23 bits per heavy atom. The van der Waals surface area contributed by atoms with Crippen LogP contribution in [0.5, 0.6) is 0 Å². The molecule has 0 saturated carbocycles. The molecule has 0 aliphatic heterocycles. The van der Waals surface area contributed by atoms with Crippen molar-refractivity contribution in [2.24, 2.45) is 0 Å². The van der Waals surface area contributed by atoms with Crippen LogP contribution in [-0.4, -0.2) is 15.6 Å². The Morgan fingerprint density at radius 1 is 0.846 bits per heavy atom. The van der Waals surface area contributed by atoms with Gasteiger partial charge in [-0.3, -0.25) is 4.79 Å². The summed E-state index contributed by atoms with van der Waals surface area (Å²) in [6.07, 6.45) is 1.81. The van der Waals surface area contributed by atoms with E-state index in [4.69, 9.17) is 5.10 Å². The average molecular weight is 403 g/mol. The fraction of sp³-hybridized carbons (Fsp3) is 0. The normalized spacial score (nSPS) is 10.7. The standard InChI is InChI=1S/C22H15BrN2O/c23-18-11-7-10-17(14-18)21-20(22(26)16-8-3-1-4-9-16)15-25(24-21)19-12-5-2-6-13-19/h1-15H. The summed E-state index contributed by atoms with van der Waals surface area (Å²) in [5.41, 5.74) is 3.71. The first-order valence-corrected chi connectivity index (χ1v) is 9.02. The van der Waals surface area contributed by atoms with Crippen LogP contribution in [0.1, 0.15) is 15.9 Å². The summed E-state index contributed by atoms with van der Waals surface area (Å²) in [4.78, 5) is 13.1. The number of halogens is 1. The van der Waals surface area contributed by atoms with E-state index in [1.165, 1.54) is 0 Å². The highest BCUT2D eigenvalue weighted by atomic mass is 79.9. The summed E-state index contributed by atoms with van der Waals surface area (Å²) < 4.78 is 2.70. The van der Waals surface area contributed by atoms with Gasteiger partial charge in [0, 0.05) is 21.8 Å². The topological polar surface area (TPSA) is 34.9 Å². The Kier molecular flexibility index (Phi) is 4.50. The van der Waals surface area contributed by atoms with Gasteiger partial charge >= 0.3 is 0 Å². The predicted molar refractivity (Wildman–Crippen MR) is 107 cm³/mol. The molecule has 0 bridgehead atoms. The van der Waals surface area contributed by atoms with Crippen molar-refractivity contribution < 1.29 is 4.79 Å². The molecule has 4 rings (SSSR count). The second-order valence-corrected chi connectivity index (χ2v) is 6.79. The van der Waals surface area contributed by atoms with Gasteiger partial charge in [0.05, 0.1) is 11.3 Å². The van der Waals surface area contributed by atoms with Crippen molar-refractivity contribution in [3.05, 3.63) is 107 Å². The Morgan fingerprint density at radius 2 is 1.54 bits per heavy atom. The van der Waals surface area contributed by atoms with Crippen LogP contribution in [-0.2, 0) is 0 Å². The molecule has 0 radical (unpaired) electrons. The minimum absolute atomic E-state index is 0.0391. The maximum Gasteiger partial charge on any atom is 0.196 e. The zero-order valence-electron chi connectivity index (χ0n) is 13.8. The number of hydrogen-bond acceptors (Lipinski definition) is 2. The number of carbonyl (C=O) groups excluding carboxylic acids is 1. The van der Waals surface area contributed by atoms with Crippen LogP contribution in [0.15, 0.2) is 95.6 Å². The van der Waals surface area contributed by atoms with Crippen LogP contribution in [0.25, 0.3) is 16.9 Å². The highest BCUT2D eigenvalue weighted by molar-refractivity contribution is 9.10. The number of hydrogen-bond donors (Lipinski definition) is 0. The molecule has 26 heavy (non-hydrogen) atoms. The predicted octanol–water partition coefficient (Wildman–Crippen LogP) is 5.53. The maximum absolute atomic E-state index is 13.1. The lowest BCUT2D eigenvalue weighted by atomic mass is 10.0. The third kappa shape index (κ3) is 3.24. The third-order valence-corrected chi connectivity index (χ3v) is 4.61. The van der Waals surface area contributed by atoms with E-state index in [0.717, 1.165) is 15.7 Å². The molecule has 1 aromatic heterocycles. The zero-order chi connectivity index (χ0) is 17.9. The lowest BCUT2D eigenvalue weighted by Crippen LogP contribution is -2.01. The Balaban J connectivity index is 1.88. The molecule has 0 unspecified atom stereocenters. The quantitative estimate of drug-likeness (QED) is 0.420. The molecule has 0 aliphatic rings. The molecule has 4 heteroatoms.